The Balaban J connectivity index is 1.84. The maximum absolute atomic E-state index is 12.0. The molecule has 1 aliphatic rings. The largest absolute Gasteiger partial charge is 0.326 e. The highest BCUT2D eigenvalue weighted by molar-refractivity contribution is 6.30. The third-order valence-corrected chi connectivity index (χ3v) is 3.70. The van der Waals surface area contributed by atoms with Crippen LogP contribution < -0.4 is 11.1 Å². The molecular weight excluding hydrogens is 262 g/mol. The minimum Gasteiger partial charge on any atom is -0.326 e. The molecule has 19 heavy (non-hydrogen) atoms. The van der Waals surface area contributed by atoms with Gasteiger partial charge in [0.1, 0.15) is 0 Å². The summed E-state index contributed by atoms with van der Waals surface area (Å²) in [7, 11) is 0. The van der Waals surface area contributed by atoms with Crippen LogP contribution in [0.4, 0.5) is 5.69 Å². The van der Waals surface area contributed by atoms with Crippen LogP contribution in [0.25, 0.3) is 0 Å². The highest BCUT2D eigenvalue weighted by atomic mass is 35.5. The van der Waals surface area contributed by atoms with Crippen molar-refractivity contribution in [2.45, 2.75) is 31.8 Å². The van der Waals surface area contributed by atoms with Crippen LogP contribution in [0.2, 0.25) is 5.02 Å². The highest BCUT2D eigenvalue weighted by Gasteiger charge is 2.24. The number of carbonyl (C=O) groups is 1. The summed E-state index contributed by atoms with van der Waals surface area (Å²) in [5.74, 6) is 0.00948. The molecule has 104 valence electrons. The van der Waals surface area contributed by atoms with Crippen molar-refractivity contribution in [3.8, 4) is 0 Å². The van der Waals surface area contributed by atoms with Gasteiger partial charge in [0.2, 0.25) is 5.91 Å². The van der Waals surface area contributed by atoms with Crippen molar-refractivity contribution < 1.29 is 4.79 Å². The van der Waals surface area contributed by atoms with E-state index < -0.39 is 0 Å². The average Bonchev–Trinajstić information content (AvgIpc) is 2.75. The van der Waals surface area contributed by atoms with E-state index in [4.69, 9.17) is 17.3 Å². The Morgan fingerprint density at radius 2 is 2.42 bits per heavy atom. The lowest BCUT2D eigenvalue weighted by Crippen LogP contribution is -2.36. The Labute approximate surface area is 118 Å². The number of anilines is 1. The number of nitrogens with one attached hydrogen (secondary N) is 1. The first kappa shape index (κ1) is 14.3. The molecule has 0 unspecified atom stereocenters. The van der Waals surface area contributed by atoms with Crippen LogP contribution in [0.15, 0.2) is 24.3 Å². The first-order valence-electron chi connectivity index (χ1n) is 6.59. The molecule has 2 rings (SSSR count). The van der Waals surface area contributed by atoms with E-state index in [1.807, 2.05) is 12.1 Å². The predicted molar refractivity (Wildman–Crippen MR) is 78.3 cm³/mol. The third-order valence-electron chi connectivity index (χ3n) is 3.47. The monoisotopic (exact) mass is 281 g/mol. The molecule has 0 radical (unpaired) electrons. The fourth-order valence-electron chi connectivity index (χ4n) is 2.39. The standard InChI is InChI=1S/C14H20ClN3O/c1-10(18-6-5-12(16)9-18)7-14(19)17-13-4-2-3-11(15)8-13/h2-4,8,10,12H,5-7,9,16H2,1H3,(H,17,19)/t10-,12-/m1/s1. The summed E-state index contributed by atoms with van der Waals surface area (Å²) in [6.07, 6.45) is 1.49. The third kappa shape index (κ3) is 4.20. The van der Waals surface area contributed by atoms with Gasteiger partial charge >= 0.3 is 0 Å². The van der Waals surface area contributed by atoms with Crippen molar-refractivity contribution >= 4 is 23.2 Å². The maximum Gasteiger partial charge on any atom is 0.225 e. The van der Waals surface area contributed by atoms with Crippen LogP contribution in [-0.2, 0) is 4.79 Å². The van der Waals surface area contributed by atoms with Gasteiger partial charge in [-0.3, -0.25) is 9.69 Å². The van der Waals surface area contributed by atoms with Crippen molar-refractivity contribution in [1.29, 1.82) is 0 Å². The average molecular weight is 282 g/mol. The molecule has 0 saturated carbocycles. The number of amides is 1. The Bertz CT molecular complexity index is 452. The smallest absolute Gasteiger partial charge is 0.225 e. The summed E-state index contributed by atoms with van der Waals surface area (Å²) >= 11 is 5.88. The van der Waals surface area contributed by atoms with E-state index in [1.165, 1.54) is 0 Å². The van der Waals surface area contributed by atoms with Crippen molar-refractivity contribution in [1.82, 2.24) is 4.90 Å². The van der Waals surface area contributed by atoms with Gasteiger partial charge in [-0.1, -0.05) is 17.7 Å². The van der Waals surface area contributed by atoms with Crippen molar-refractivity contribution in [2.75, 3.05) is 18.4 Å². The lowest BCUT2D eigenvalue weighted by atomic mass is 10.2. The zero-order valence-electron chi connectivity index (χ0n) is 11.1. The fraction of sp³-hybridized carbons (Fsp3) is 0.500. The van der Waals surface area contributed by atoms with E-state index in [2.05, 4.69) is 17.1 Å². The first-order chi connectivity index (χ1) is 9.04. The minimum atomic E-state index is 0.00948. The number of likely N-dealkylation sites (tertiary alicyclic amines) is 1. The summed E-state index contributed by atoms with van der Waals surface area (Å²) < 4.78 is 0. The summed E-state index contributed by atoms with van der Waals surface area (Å²) in [5, 5.41) is 3.49. The molecule has 0 aromatic heterocycles. The molecule has 0 spiro atoms. The Morgan fingerprint density at radius 1 is 1.63 bits per heavy atom. The fourth-order valence-corrected chi connectivity index (χ4v) is 2.58. The lowest BCUT2D eigenvalue weighted by Gasteiger charge is -2.23. The summed E-state index contributed by atoms with van der Waals surface area (Å²) in [4.78, 5) is 14.2. The molecule has 1 heterocycles. The van der Waals surface area contributed by atoms with Gasteiger partial charge in [-0.05, 0) is 31.5 Å². The van der Waals surface area contributed by atoms with E-state index >= 15 is 0 Å². The zero-order chi connectivity index (χ0) is 13.8. The normalized spacial score (nSPS) is 21.3. The van der Waals surface area contributed by atoms with Gasteiger partial charge in [-0.2, -0.15) is 0 Å². The van der Waals surface area contributed by atoms with Gasteiger partial charge in [0, 0.05) is 42.3 Å². The van der Waals surface area contributed by atoms with E-state index in [1.54, 1.807) is 12.1 Å². The number of rotatable bonds is 4. The molecular formula is C14H20ClN3O. The molecule has 1 fully saturated rings. The molecule has 1 amide bonds. The van der Waals surface area contributed by atoms with Crippen LogP contribution in [0.1, 0.15) is 19.8 Å². The second-order valence-corrected chi connectivity index (χ2v) is 5.59. The van der Waals surface area contributed by atoms with Crippen LogP contribution in [0.3, 0.4) is 0 Å². The van der Waals surface area contributed by atoms with Crippen LogP contribution in [-0.4, -0.2) is 36.0 Å². The molecule has 1 aliphatic heterocycles. The van der Waals surface area contributed by atoms with Crippen molar-refractivity contribution in [3.05, 3.63) is 29.3 Å². The summed E-state index contributed by atoms with van der Waals surface area (Å²) in [6.45, 7) is 3.92. The topological polar surface area (TPSA) is 58.4 Å². The predicted octanol–water partition coefficient (Wildman–Crippen LogP) is 2.09. The SMILES string of the molecule is C[C@H](CC(=O)Nc1cccc(Cl)c1)N1CC[C@@H](N)C1. The van der Waals surface area contributed by atoms with Gasteiger partial charge in [0.05, 0.1) is 0 Å². The van der Waals surface area contributed by atoms with Gasteiger partial charge in [0.15, 0.2) is 0 Å². The summed E-state index contributed by atoms with van der Waals surface area (Å²) in [5.41, 5.74) is 6.62. The van der Waals surface area contributed by atoms with Crippen LogP contribution in [0.5, 0.6) is 0 Å². The number of nitrogens with two attached hydrogens (primary N) is 1. The second-order valence-electron chi connectivity index (χ2n) is 5.16. The van der Waals surface area contributed by atoms with E-state index in [-0.39, 0.29) is 18.0 Å². The zero-order valence-corrected chi connectivity index (χ0v) is 11.9. The van der Waals surface area contributed by atoms with Crippen molar-refractivity contribution in [2.24, 2.45) is 5.73 Å². The number of nitrogens with zero attached hydrogens (tertiary/aromatic N) is 1. The highest BCUT2D eigenvalue weighted by Crippen LogP contribution is 2.17. The van der Waals surface area contributed by atoms with Crippen LogP contribution >= 0.6 is 11.6 Å². The Morgan fingerprint density at radius 3 is 3.05 bits per heavy atom. The Hall–Kier alpha value is -1.10. The first-order valence-corrected chi connectivity index (χ1v) is 6.97. The molecule has 3 N–H and O–H groups in total. The van der Waals surface area contributed by atoms with Gasteiger partial charge in [0.25, 0.3) is 0 Å². The molecule has 1 aromatic rings. The molecule has 0 bridgehead atoms. The number of halogens is 1. The lowest BCUT2D eigenvalue weighted by molar-refractivity contribution is -0.117. The van der Waals surface area contributed by atoms with Gasteiger partial charge in [-0.15, -0.1) is 0 Å². The molecule has 2 atom stereocenters. The number of benzene rings is 1. The van der Waals surface area contributed by atoms with Gasteiger partial charge < -0.3 is 11.1 Å². The second kappa shape index (κ2) is 6.37. The summed E-state index contributed by atoms with van der Waals surface area (Å²) in [6, 6.07) is 7.65. The molecule has 1 saturated heterocycles. The van der Waals surface area contributed by atoms with E-state index in [0.717, 1.165) is 25.2 Å². The number of hydrogen-bond donors (Lipinski definition) is 2. The quantitative estimate of drug-likeness (QED) is 0.888. The van der Waals surface area contributed by atoms with Crippen molar-refractivity contribution in [3.63, 3.8) is 0 Å². The molecule has 4 nitrogen and oxygen atoms in total. The Kier molecular flexibility index (Phi) is 4.80. The van der Waals surface area contributed by atoms with Crippen LogP contribution in [0, 0.1) is 0 Å². The molecule has 5 heteroatoms. The number of hydrogen-bond acceptors (Lipinski definition) is 3. The molecule has 1 aromatic carbocycles. The number of carbonyl (C=O) groups excluding carboxylic acids is 1. The van der Waals surface area contributed by atoms with Gasteiger partial charge in [-0.25, -0.2) is 0 Å². The van der Waals surface area contributed by atoms with E-state index in [9.17, 15) is 4.79 Å². The van der Waals surface area contributed by atoms with E-state index in [0.29, 0.717) is 11.4 Å². The molecule has 0 aliphatic carbocycles. The minimum absolute atomic E-state index is 0.00948. The maximum atomic E-state index is 12.0.